The van der Waals surface area contributed by atoms with E-state index >= 15 is 0 Å². The minimum absolute atomic E-state index is 0.215. The summed E-state index contributed by atoms with van der Waals surface area (Å²) in [7, 11) is -3.03. The van der Waals surface area contributed by atoms with Crippen LogP contribution in [0, 0.1) is 17.3 Å². The fraction of sp³-hybridized carbons (Fsp3) is 1.00. The maximum Gasteiger partial charge on any atom is 0.211 e. The minimum atomic E-state index is -3.03. The van der Waals surface area contributed by atoms with E-state index in [9.17, 15) is 8.42 Å². The highest BCUT2D eigenvalue weighted by atomic mass is 35.5. The van der Waals surface area contributed by atoms with Crippen LogP contribution in [-0.2, 0) is 10.0 Å². The molecule has 3 nitrogen and oxygen atoms in total. The van der Waals surface area contributed by atoms with E-state index in [1.165, 1.54) is 19.1 Å². The lowest BCUT2D eigenvalue weighted by molar-refractivity contribution is 0.174. The molecule has 1 aliphatic carbocycles. The molecule has 2 rings (SSSR count). The first-order chi connectivity index (χ1) is 8.35. The molecule has 0 radical (unpaired) electrons. The van der Waals surface area contributed by atoms with Crippen LogP contribution < -0.4 is 0 Å². The molecule has 2 aliphatic rings. The Labute approximate surface area is 116 Å². The molecule has 5 heteroatoms. The van der Waals surface area contributed by atoms with Gasteiger partial charge in [-0.15, -0.1) is 11.6 Å². The number of piperidine rings is 1. The highest BCUT2D eigenvalue weighted by molar-refractivity contribution is 7.88. The van der Waals surface area contributed by atoms with Crippen LogP contribution in [0.1, 0.15) is 39.0 Å². The zero-order valence-corrected chi connectivity index (χ0v) is 12.9. The summed E-state index contributed by atoms with van der Waals surface area (Å²) in [5.41, 5.74) is 0.215. The summed E-state index contributed by atoms with van der Waals surface area (Å²) in [5.74, 6) is 1.95. The second-order valence-electron chi connectivity index (χ2n) is 6.40. The Morgan fingerprint density at radius 2 is 2.00 bits per heavy atom. The lowest BCUT2D eigenvalue weighted by atomic mass is 9.76. The number of alkyl halides is 1. The van der Waals surface area contributed by atoms with E-state index in [4.69, 9.17) is 11.6 Å². The lowest BCUT2D eigenvalue weighted by Crippen LogP contribution is -2.41. The smallest absolute Gasteiger partial charge is 0.211 e. The number of rotatable bonds is 5. The van der Waals surface area contributed by atoms with Crippen molar-refractivity contribution in [3.63, 3.8) is 0 Å². The van der Waals surface area contributed by atoms with E-state index in [0.29, 0.717) is 24.9 Å². The van der Waals surface area contributed by atoms with Gasteiger partial charge in [-0.1, -0.05) is 6.92 Å². The van der Waals surface area contributed by atoms with Crippen LogP contribution in [-0.4, -0.2) is 37.9 Å². The fourth-order valence-corrected chi connectivity index (χ4v) is 4.53. The Bertz CT molecular complexity index is 394. The Kier molecular flexibility index (Phi) is 4.30. The monoisotopic (exact) mass is 293 g/mol. The summed E-state index contributed by atoms with van der Waals surface area (Å²) in [5, 5.41) is 0. The average molecular weight is 294 g/mol. The molecule has 0 aromatic rings. The molecule has 1 heterocycles. The second-order valence-corrected chi connectivity index (χ2v) is 8.65. The molecule has 0 aromatic heterocycles. The molecule has 2 unspecified atom stereocenters. The van der Waals surface area contributed by atoms with E-state index in [1.807, 2.05) is 0 Å². The molecular weight excluding hydrogens is 270 g/mol. The average Bonchev–Trinajstić information content (AvgIpc) is 3.12. The highest BCUT2D eigenvalue weighted by Gasteiger charge is 2.42. The van der Waals surface area contributed by atoms with Gasteiger partial charge in [0.1, 0.15) is 0 Å². The van der Waals surface area contributed by atoms with Gasteiger partial charge in [0, 0.05) is 19.0 Å². The van der Waals surface area contributed by atoms with Gasteiger partial charge >= 0.3 is 0 Å². The maximum atomic E-state index is 11.6. The van der Waals surface area contributed by atoms with E-state index in [0.717, 1.165) is 25.2 Å². The zero-order chi connectivity index (χ0) is 13.4. The molecule has 0 aromatic carbocycles. The van der Waals surface area contributed by atoms with Crippen LogP contribution in [0.15, 0.2) is 0 Å². The van der Waals surface area contributed by atoms with Crippen LogP contribution in [0.2, 0.25) is 0 Å². The fourth-order valence-electron chi connectivity index (χ4n) is 3.26. The van der Waals surface area contributed by atoms with Gasteiger partial charge in [0.15, 0.2) is 0 Å². The van der Waals surface area contributed by atoms with Gasteiger partial charge in [0.2, 0.25) is 10.0 Å². The summed E-state index contributed by atoms with van der Waals surface area (Å²) in [6.07, 6.45) is 7.12. The number of hydrogen-bond acceptors (Lipinski definition) is 2. The van der Waals surface area contributed by atoms with Crippen molar-refractivity contribution in [3.8, 4) is 0 Å². The van der Waals surface area contributed by atoms with Gasteiger partial charge in [-0.2, -0.15) is 0 Å². The van der Waals surface area contributed by atoms with Gasteiger partial charge < -0.3 is 0 Å². The molecular formula is C13H24ClNO2S. The Balaban J connectivity index is 1.97. The van der Waals surface area contributed by atoms with Crippen molar-refractivity contribution in [3.05, 3.63) is 0 Å². The molecule has 1 saturated heterocycles. The van der Waals surface area contributed by atoms with Gasteiger partial charge in [-0.05, 0) is 49.4 Å². The Morgan fingerprint density at radius 1 is 1.33 bits per heavy atom. The van der Waals surface area contributed by atoms with Gasteiger partial charge in [-0.25, -0.2) is 12.7 Å². The summed E-state index contributed by atoms with van der Waals surface area (Å²) in [6.45, 7) is 3.66. The predicted octanol–water partition coefficient (Wildman–Crippen LogP) is 2.70. The largest absolute Gasteiger partial charge is 0.213 e. The summed E-state index contributed by atoms with van der Waals surface area (Å²) in [6, 6.07) is 0. The third-order valence-electron chi connectivity index (χ3n) is 4.57. The second kappa shape index (κ2) is 5.29. The molecule has 18 heavy (non-hydrogen) atoms. The predicted molar refractivity (Wildman–Crippen MR) is 75.3 cm³/mol. The number of nitrogens with zero attached hydrogens (tertiary/aromatic N) is 1. The molecule has 0 bridgehead atoms. The molecule has 0 amide bonds. The molecule has 0 N–H and O–H groups in total. The third kappa shape index (κ3) is 3.40. The summed E-state index contributed by atoms with van der Waals surface area (Å²) >= 11 is 6.16. The van der Waals surface area contributed by atoms with Crippen molar-refractivity contribution >= 4 is 21.6 Å². The molecule has 106 valence electrons. The first-order valence-electron chi connectivity index (χ1n) is 6.86. The first-order valence-corrected chi connectivity index (χ1v) is 9.24. The number of halogens is 1. The van der Waals surface area contributed by atoms with E-state index in [2.05, 4.69) is 6.92 Å². The maximum absolute atomic E-state index is 11.6. The van der Waals surface area contributed by atoms with E-state index in [1.54, 1.807) is 4.31 Å². The topological polar surface area (TPSA) is 37.4 Å². The van der Waals surface area contributed by atoms with Gasteiger partial charge in [0.25, 0.3) is 0 Å². The SMILES string of the molecule is CC(CCl)(CC1CCCN(S(C)(=O)=O)C1)C1CC1. The van der Waals surface area contributed by atoms with Gasteiger partial charge in [-0.3, -0.25) is 0 Å². The molecule has 2 atom stereocenters. The molecule has 1 aliphatic heterocycles. The van der Waals surface area contributed by atoms with Crippen LogP contribution in [0.4, 0.5) is 0 Å². The van der Waals surface area contributed by atoms with Crippen molar-refractivity contribution in [2.45, 2.75) is 39.0 Å². The number of hydrogen-bond donors (Lipinski definition) is 0. The minimum Gasteiger partial charge on any atom is -0.213 e. The molecule has 2 fully saturated rings. The third-order valence-corrected chi connectivity index (χ3v) is 6.45. The highest BCUT2D eigenvalue weighted by Crippen LogP contribution is 2.50. The van der Waals surface area contributed by atoms with Crippen molar-refractivity contribution in [1.29, 1.82) is 0 Å². The number of sulfonamides is 1. The van der Waals surface area contributed by atoms with Gasteiger partial charge in [0.05, 0.1) is 6.26 Å². The summed E-state index contributed by atoms with van der Waals surface area (Å²) < 4.78 is 24.9. The van der Waals surface area contributed by atoms with Crippen molar-refractivity contribution in [1.82, 2.24) is 4.31 Å². The van der Waals surface area contributed by atoms with Crippen LogP contribution in [0.5, 0.6) is 0 Å². The van der Waals surface area contributed by atoms with Crippen molar-refractivity contribution < 1.29 is 8.42 Å². The van der Waals surface area contributed by atoms with E-state index in [-0.39, 0.29) is 5.41 Å². The normalized spacial score (nSPS) is 30.1. The molecule has 0 spiro atoms. The Hall–Kier alpha value is 0.200. The Morgan fingerprint density at radius 3 is 2.50 bits per heavy atom. The van der Waals surface area contributed by atoms with Crippen LogP contribution in [0.25, 0.3) is 0 Å². The summed E-state index contributed by atoms with van der Waals surface area (Å²) in [4.78, 5) is 0. The van der Waals surface area contributed by atoms with Crippen LogP contribution in [0.3, 0.4) is 0 Å². The quantitative estimate of drug-likeness (QED) is 0.731. The van der Waals surface area contributed by atoms with Crippen molar-refractivity contribution in [2.75, 3.05) is 25.2 Å². The van der Waals surface area contributed by atoms with Crippen molar-refractivity contribution in [2.24, 2.45) is 17.3 Å². The van der Waals surface area contributed by atoms with E-state index < -0.39 is 10.0 Å². The lowest BCUT2D eigenvalue weighted by Gasteiger charge is -2.37. The van der Waals surface area contributed by atoms with Crippen LogP contribution >= 0.6 is 11.6 Å². The molecule has 1 saturated carbocycles. The zero-order valence-electron chi connectivity index (χ0n) is 11.4. The standard InChI is InChI=1S/C13H24ClNO2S/c1-13(10-14,12-5-6-12)8-11-4-3-7-15(9-11)18(2,16)17/h11-12H,3-10H2,1-2H3. The first kappa shape index (κ1) is 14.6.